The van der Waals surface area contributed by atoms with Crippen molar-refractivity contribution < 1.29 is 4.79 Å². The van der Waals surface area contributed by atoms with Crippen LogP contribution in [-0.4, -0.2) is 29.9 Å². The summed E-state index contributed by atoms with van der Waals surface area (Å²) in [6, 6.07) is 5.42. The fraction of sp³-hybridized carbons (Fsp3) is 0.462. The number of carbonyl (C=O) groups is 1. The summed E-state index contributed by atoms with van der Waals surface area (Å²) in [5.74, 6) is 0.0920. The number of nitrogens with zero attached hydrogens (tertiary/aromatic N) is 1. The van der Waals surface area contributed by atoms with Crippen molar-refractivity contribution in [2.75, 3.05) is 18.8 Å². The van der Waals surface area contributed by atoms with Crippen LogP contribution < -0.4 is 11.1 Å². The third-order valence-corrected chi connectivity index (χ3v) is 3.70. The third kappa shape index (κ3) is 2.60. The van der Waals surface area contributed by atoms with E-state index in [9.17, 15) is 4.79 Å². The molecule has 3 N–H and O–H groups in total. The molecule has 0 bridgehead atoms. The van der Waals surface area contributed by atoms with Crippen molar-refractivity contribution in [3.05, 3.63) is 28.8 Å². The molecule has 2 rings (SSSR count). The molecule has 1 unspecified atom stereocenters. The van der Waals surface area contributed by atoms with Crippen LogP contribution in [0.1, 0.15) is 18.9 Å². The molecule has 5 heteroatoms. The van der Waals surface area contributed by atoms with Crippen molar-refractivity contribution in [3.63, 3.8) is 0 Å². The number of benzene rings is 1. The zero-order valence-corrected chi connectivity index (χ0v) is 11.2. The minimum absolute atomic E-state index is 0.0885. The monoisotopic (exact) mass is 267 g/mol. The number of nitrogens with two attached hydrogens (primary N) is 1. The first kappa shape index (κ1) is 13.2. The number of hydrogen-bond donors (Lipinski definition) is 2. The molecule has 1 saturated heterocycles. The lowest BCUT2D eigenvalue weighted by atomic mass is 10.1. The molecule has 1 heterocycles. The molecule has 1 atom stereocenters. The van der Waals surface area contributed by atoms with E-state index in [2.05, 4.69) is 10.2 Å². The first-order chi connectivity index (χ1) is 8.63. The van der Waals surface area contributed by atoms with Crippen molar-refractivity contribution >= 4 is 23.2 Å². The fourth-order valence-electron chi connectivity index (χ4n) is 2.34. The summed E-state index contributed by atoms with van der Waals surface area (Å²) < 4.78 is 0. The first-order valence-corrected chi connectivity index (χ1v) is 6.56. The zero-order valence-electron chi connectivity index (χ0n) is 10.4. The summed E-state index contributed by atoms with van der Waals surface area (Å²) in [6.07, 6.45) is 0.788. The van der Waals surface area contributed by atoms with Crippen LogP contribution in [0.2, 0.25) is 5.02 Å². The standard InChI is InChI=1S/C13H18ClN3O/c1-2-12-13(18)16-6-7-17(12)8-9-10(14)4-3-5-11(9)15/h3-5,12H,2,6-8,15H2,1H3,(H,16,18). The lowest BCUT2D eigenvalue weighted by Gasteiger charge is -2.34. The number of nitrogens with one attached hydrogen (secondary N) is 1. The van der Waals surface area contributed by atoms with Gasteiger partial charge in [-0.1, -0.05) is 24.6 Å². The maximum absolute atomic E-state index is 11.8. The number of nitrogen functional groups attached to an aromatic ring is 1. The molecular weight excluding hydrogens is 250 g/mol. The Balaban J connectivity index is 2.19. The van der Waals surface area contributed by atoms with Gasteiger partial charge in [0.2, 0.25) is 5.91 Å². The quantitative estimate of drug-likeness (QED) is 0.819. The third-order valence-electron chi connectivity index (χ3n) is 3.34. The van der Waals surface area contributed by atoms with Crippen LogP contribution in [0, 0.1) is 0 Å². The topological polar surface area (TPSA) is 58.4 Å². The number of piperazine rings is 1. The van der Waals surface area contributed by atoms with Crippen LogP contribution in [0.5, 0.6) is 0 Å². The summed E-state index contributed by atoms with van der Waals surface area (Å²) in [5, 5.41) is 3.55. The van der Waals surface area contributed by atoms with Gasteiger partial charge in [0, 0.05) is 35.9 Å². The number of carbonyl (C=O) groups excluding carboxylic acids is 1. The second-order valence-electron chi connectivity index (χ2n) is 4.49. The molecule has 0 aromatic heterocycles. The number of amides is 1. The van der Waals surface area contributed by atoms with Crippen LogP contribution >= 0.6 is 11.6 Å². The largest absolute Gasteiger partial charge is 0.398 e. The Kier molecular flexibility index (Phi) is 4.09. The van der Waals surface area contributed by atoms with Gasteiger partial charge in [-0.05, 0) is 18.6 Å². The number of rotatable bonds is 3. The average molecular weight is 268 g/mol. The Labute approximate surface area is 112 Å². The Hall–Kier alpha value is -1.26. The second-order valence-corrected chi connectivity index (χ2v) is 4.90. The maximum Gasteiger partial charge on any atom is 0.237 e. The second kappa shape index (κ2) is 5.59. The van der Waals surface area contributed by atoms with Crippen molar-refractivity contribution in [2.24, 2.45) is 0 Å². The molecule has 1 aromatic rings. The van der Waals surface area contributed by atoms with E-state index in [4.69, 9.17) is 17.3 Å². The Morgan fingerprint density at radius 2 is 2.33 bits per heavy atom. The van der Waals surface area contributed by atoms with Gasteiger partial charge in [-0.2, -0.15) is 0 Å². The lowest BCUT2D eigenvalue weighted by Crippen LogP contribution is -2.54. The molecule has 0 saturated carbocycles. The normalized spacial score (nSPS) is 20.8. The molecule has 1 aliphatic rings. The van der Waals surface area contributed by atoms with Gasteiger partial charge in [-0.25, -0.2) is 0 Å². The van der Waals surface area contributed by atoms with Gasteiger partial charge < -0.3 is 11.1 Å². The van der Waals surface area contributed by atoms with Crippen LogP contribution in [-0.2, 0) is 11.3 Å². The van der Waals surface area contributed by atoms with Gasteiger partial charge in [-0.3, -0.25) is 9.69 Å². The summed E-state index contributed by atoms with van der Waals surface area (Å²) in [6.45, 7) is 4.14. The average Bonchev–Trinajstić information content (AvgIpc) is 2.34. The maximum atomic E-state index is 11.8. The Morgan fingerprint density at radius 1 is 1.56 bits per heavy atom. The van der Waals surface area contributed by atoms with E-state index >= 15 is 0 Å². The number of hydrogen-bond acceptors (Lipinski definition) is 3. The molecule has 98 valence electrons. The van der Waals surface area contributed by atoms with Gasteiger partial charge in [0.25, 0.3) is 0 Å². The summed E-state index contributed by atoms with van der Waals surface area (Å²) in [7, 11) is 0. The lowest BCUT2D eigenvalue weighted by molar-refractivity contribution is -0.129. The van der Waals surface area contributed by atoms with Gasteiger partial charge in [0.05, 0.1) is 6.04 Å². The molecule has 1 aliphatic heterocycles. The number of anilines is 1. The summed E-state index contributed by atoms with van der Waals surface area (Å²) in [5.41, 5.74) is 7.54. The van der Waals surface area contributed by atoms with E-state index in [0.717, 1.165) is 18.5 Å². The van der Waals surface area contributed by atoms with Gasteiger partial charge in [-0.15, -0.1) is 0 Å². The molecule has 1 amide bonds. The van der Waals surface area contributed by atoms with E-state index in [1.165, 1.54) is 0 Å². The highest BCUT2D eigenvalue weighted by Crippen LogP contribution is 2.25. The molecule has 18 heavy (non-hydrogen) atoms. The smallest absolute Gasteiger partial charge is 0.237 e. The molecule has 0 radical (unpaired) electrons. The van der Waals surface area contributed by atoms with Crippen molar-refractivity contribution in [3.8, 4) is 0 Å². The SMILES string of the molecule is CCC1C(=O)NCCN1Cc1c(N)cccc1Cl. The Bertz CT molecular complexity index is 430. The highest BCUT2D eigenvalue weighted by molar-refractivity contribution is 6.31. The van der Waals surface area contributed by atoms with Crippen LogP contribution in [0.15, 0.2) is 18.2 Å². The highest BCUT2D eigenvalue weighted by atomic mass is 35.5. The van der Waals surface area contributed by atoms with Crippen molar-refractivity contribution in [1.29, 1.82) is 0 Å². The van der Waals surface area contributed by atoms with Gasteiger partial charge in [0.1, 0.15) is 0 Å². The predicted octanol–water partition coefficient (Wildman–Crippen LogP) is 1.63. The summed E-state index contributed by atoms with van der Waals surface area (Å²) in [4.78, 5) is 13.9. The molecule has 0 aliphatic carbocycles. The number of halogens is 1. The molecule has 4 nitrogen and oxygen atoms in total. The highest BCUT2D eigenvalue weighted by Gasteiger charge is 2.28. The fourth-order valence-corrected chi connectivity index (χ4v) is 2.58. The van der Waals surface area contributed by atoms with Crippen LogP contribution in [0.4, 0.5) is 5.69 Å². The van der Waals surface area contributed by atoms with E-state index in [1.807, 2.05) is 25.1 Å². The van der Waals surface area contributed by atoms with Gasteiger partial charge >= 0.3 is 0 Å². The Morgan fingerprint density at radius 3 is 3.00 bits per heavy atom. The van der Waals surface area contributed by atoms with Crippen molar-refractivity contribution in [2.45, 2.75) is 25.9 Å². The zero-order chi connectivity index (χ0) is 13.1. The minimum Gasteiger partial charge on any atom is -0.398 e. The molecule has 0 spiro atoms. The van der Waals surface area contributed by atoms with Crippen LogP contribution in [0.3, 0.4) is 0 Å². The van der Waals surface area contributed by atoms with E-state index in [0.29, 0.717) is 23.8 Å². The predicted molar refractivity (Wildman–Crippen MR) is 73.4 cm³/mol. The minimum atomic E-state index is -0.0885. The molecular formula is C13H18ClN3O. The van der Waals surface area contributed by atoms with Crippen molar-refractivity contribution in [1.82, 2.24) is 10.2 Å². The van der Waals surface area contributed by atoms with E-state index < -0.39 is 0 Å². The summed E-state index contributed by atoms with van der Waals surface area (Å²) >= 11 is 6.17. The first-order valence-electron chi connectivity index (χ1n) is 6.18. The van der Waals surface area contributed by atoms with Gasteiger partial charge in [0.15, 0.2) is 0 Å². The van der Waals surface area contributed by atoms with Crippen LogP contribution in [0.25, 0.3) is 0 Å². The molecule has 1 fully saturated rings. The molecule has 1 aromatic carbocycles. The van der Waals surface area contributed by atoms with E-state index in [1.54, 1.807) is 0 Å². The van der Waals surface area contributed by atoms with E-state index in [-0.39, 0.29) is 11.9 Å².